The summed E-state index contributed by atoms with van der Waals surface area (Å²) in [7, 11) is 0. The quantitative estimate of drug-likeness (QED) is 0.582. The molecule has 0 spiro atoms. The number of hydrogen-bond donors (Lipinski definition) is 2. The summed E-state index contributed by atoms with van der Waals surface area (Å²) in [4.78, 5) is 35.9. The highest BCUT2D eigenvalue weighted by Crippen LogP contribution is 2.47. The van der Waals surface area contributed by atoms with E-state index in [-0.39, 0.29) is 30.2 Å². The van der Waals surface area contributed by atoms with E-state index in [4.69, 9.17) is 11.5 Å². The molecule has 6 heteroatoms. The van der Waals surface area contributed by atoms with Gasteiger partial charge in [-0.15, -0.1) is 0 Å². The van der Waals surface area contributed by atoms with Crippen LogP contribution in [0, 0.1) is 11.8 Å². The van der Waals surface area contributed by atoms with E-state index in [1.54, 1.807) is 12.1 Å². The second-order valence-corrected chi connectivity index (χ2v) is 4.99. The first-order chi connectivity index (χ1) is 8.99. The molecule has 1 aliphatic heterocycles. The summed E-state index contributed by atoms with van der Waals surface area (Å²) >= 11 is 0. The second-order valence-electron chi connectivity index (χ2n) is 4.99. The zero-order valence-electron chi connectivity index (χ0n) is 10.1. The summed E-state index contributed by atoms with van der Waals surface area (Å²) in [5.41, 5.74) is 12.3. The first kappa shape index (κ1) is 11.7. The molecule has 1 aromatic rings. The summed E-state index contributed by atoms with van der Waals surface area (Å²) in [6.45, 7) is 0.162. The van der Waals surface area contributed by atoms with E-state index < -0.39 is 5.91 Å². The standard InChI is InChI=1S/C13H13N3O3/c14-10-3-6(11(15)17)1-2-7(10)5-16-12(18)8-4-9(8)13(16)19/h1-3,8-9H,4-5,14H2,(H2,15,17). The number of nitrogens with zero attached hydrogens (tertiary/aromatic N) is 1. The van der Waals surface area contributed by atoms with E-state index >= 15 is 0 Å². The van der Waals surface area contributed by atoms with Gasteiger partial charge >= 0.3 is 0 Å². The number of anilines is 1. The van der Waals surface area contributed by atoms with Crippen LogP contribution in [0.25, 0.3) is 0 Å². The number of carbonyl (C=O) groups excluding carboxylic acids is 3. The van der Waals surface area contributed by atoms with Gasteiger partial charge in [-0.1, -0.05) is 6.07 Å². The Bertz CT molecular complexity index is 591. The fourth-order valence-electron chi connectivity index (χ4n) is 2.47. The van der Waals surface area contributed by atoms with Crippen molar-refractivity contribution in [2.75, 3.05) is 5.73 Å². The lowest BCUT2D eigenvalue weighted by molar-refractivity contribution is -0.142. The number of piperidine rings is 1. The van der Waals surface area contributed by atoms with Crippen LogP contribution in [0.4, 0.5) is 5.69 Å². The number of carbonyl (C=O) groups is 3. The number of amides is 3. The molecule has 1 saturated carbocycles. The summed E-state index contributed by atoms with van der Waals surface area (Å²) in [6, 6.07) is 4.63. The molecule has 1 aliphatic carbocycles. The van der Waals surface area contributed by atoms with Crippen LogP contribution in [0.1, 0.15) is 22.3 Å². The van der Waals surface area contributed by atoms with Gasteiger partial charge in [-0.3, -0.25) is 19.3 Å². The molecule has 3 amide bonds. The lowest BCUT2D eigenvalue weighted by atomic mass is 10.1. The normalized spacial score (nSPS) is 24.5. The van der Waals surface area contributed by atoms with Crippen molar-refractivity contribution in [2.45, 2.75) is 13.0 Å². The Labute approximate surface area is 109 Å². The average molecular weight is 259 g/mol. The number of rotatable bonds is 3. The molecule has 2 atom stereocenters. The van der Waals surface area contributed by atoms with E-state index in [1.165, 1.54) is 11.0 Å². The number of likely N-dealkylation sites (tertiary alicyclic amines) is 1. The molecule has 2 unspecified atom stereocenters. The van der Waals surface area contributed by atoms with Crippen LogP contribution >= 0.6 is 0 Å². The molecular weight excluding hydrogens is 246 g/mol. The van der Waals surface area contributed by atoms with Crippen LogP contribution in [0.3, 0.4) is 0 Å². The molecule has 98 valence electrons. The van der Waals surface area contributed by atoms with Gasteiger partial charge in [-0.25, -0.2) is 0 Å². The molecule has 1 heterocycles. The van der Waals surface area contributed by atoms with Gasteiger partial charge in [0.25, 0.3) is 0 Å². The van der Waals surface area contributed by atoms with E-state index in [0.717, 1.165) is 0 Å². The molecular formula is C13H13N3O3. The van der Waals surface area contributed by atoms with Gasteiger partial charge in [0.15, 0.2) is 0 Å². The summed E-state index contributed by atoms with van der Waals surface area (Å²) < 4.78 is 0. The monoisotopic (exact) mass is 259 g/mol. The maximum Gasteiger partial charge on any atom is 0.248 e. The number of benzene rings is 1. The highest BCUT2D eigenvalue weighted by atomic mass is 16.2. The predicted molar refractivity (Wildman–Crippen MR) is 66.5 cm³/mol. The maximum absolute atomic E-state index is 11.8. The van der Waals surface area contributed by atoms with E-state index in [9.17, 15) is 14.4 Å². The molecule has 0 bridgehead atoms. The highest BCUT2D eigenvalue weighted by molar-refractivity contribution is 6.08. The topological polar surface area (TPSA) is 106 Å². The molecule has 2 aliphatic rings. The lowest BCUT2D eigenvalue weighted by Crippen LogP contribution is -2.32. The third-order valence-electron chi connectivity index (χ3n) is 3.72. The van der Waals surface area contributed by atoms with Gasteiger partial charge in [0.1, 0.15) is 0 Å². The zero-order valence-corrected chi connectivity index (χ0v) is 10.1. The Morgan fingerprint density at radius 3 is 2.42 bits per heavy atom. The zero-order chi connectivity index (χ0) is 13.7. The average Bonchev–Trinajstić information content (AvgIpc) is 3.11. The number of imide groups is 1. The fraction of sp³-hybridized carbons (Fsp3) is 0.308. The largest absolute Gasteiger partial charge is 0.398 e. The molecule has 19 heavy (non-hydrogen) atoms. The molecule has 4 N–H and O–H groups in total. The predicted octanol–water partition coefficient (Wildman–Crippen LogP) is -0.127. The fourth-order valence-corrected chi connectivity index (χ4v) is 2.47. The maximum atomic E-state index is 11.8. The third-order valence-corrected chi connectivity index (χ3v) is 3.72. The Morgan fingerprint density at radius 1 is 1.26 bits per heavy atom. The minimum Gasteiger partial charge on any atom is -0.398 e. The number of nitrogens with two attached hydrogens (primary N) is 2. The molecule has 6 nitrogen and oxygen atoms in total. The van der Waals surface area contributed by atoms with Crippen LogP contribution in [-0.2, 0) is 16.1 Å². The molecule has 0 aromatic heterocycles. The van der Waals surface area contributed by atoms with Crippen LogP contribution in [-0.4, -0.2) is 22.6 Å². The van der Waals surface area contributed by atoms with Crippen LogP contribution in [0.5, 0.6) is 0 Å². The minimum atomic E-state index is -0.562. The van der Waals surface area contributed by atoms with Gasteiger partial charge in [-0.05, 0) is 24.1 Å². The van der Waals surface area contributed by atoms with E-state index in [0.29, 0.717) is 23.2 Å². The van der Waals surface area contributed by atoms with Crippen molar-refractivity contribution in [1.82, 2.24) is 4.90 Å². The van der Waals surface area contributed by atoms with Gasteiger partial charge in [0, 0.05) is 11.3 Å². The number of fused-ring (bicyclic) bond motifs is 1. The van der Waals surface area contributed by atoms with Gasteiger partial charge in [0.05, 0.1) is 18.4 Å². The van der Waals surface area contributed by atoms with Crippen molar-refractivity contribution in [3.05, 3.63) is 29.3 Å². The number of nitrogen functional groups attached to an aromatic ring is 1. The van der Waals surface area contributed by atoms with E-state index in [1.807, 2.05) is 0 Å². The van der Waals surface area contributed by atoms with Crippen molar-refractivity contribution in [3.8, 4) is 0 Å². The molecule has 1 saturated heterocycles. The van der Waals surface area contributed by atoms with Gasteiger partial charge in [-0.2, -0.15) is 0 Å². The lowest BCUT2D eigenvalue weighted by Gasteiger charge is -2.17. The smallest absolute Gasteiger partial charge is 0.248 e. The number of primary amides is 1. The molecule has 0 radical (unpaired) electrons. The van der Waals surface area contributed by atoms with Crippen molar-refractivity contribution < 1.29 is 14.4 Å². The molecule has 3 rings (SSSR count). The van der Waals surface area contributed by atoms with Crippen LogP contribution < -0.4 is 11.5 Å². The van der Waals surface area contributed by atoms with Crippen molar-refractivity contribution >= 4 is 23.4 Å². The summed E-state index contributed by atoms with van der Waals surface area (Å²) in [5, 5.41) is 0. The van der Waals surface area contributed by atoms with Crippen molar-refractivity contribution in [3.63, 3.8) is 0 Å². The minimum absolute atomic E-state index is 0.112. The SMILES string of the molecule is NC(=O)c1ccc(CN2C(=O)C3CC3C2=O)c(N)c1. The van der Waals surface area contributed by atoms with Crippen molar-refractivity contribution in [2.24, 2.45) is 17.6 Å². The molecule has 2 fully saturated rings. The van der Waals surface area contributed by atoms with Gasteiger partial charge < -0.3 is 11.5 Å². The third kappa shape index (κ3) is 1.76. The highest BCUT2D eigenvalue weighted by Gasteiger charge is 2.58. The number of hydrogen-bond acceptors (Lipinski definition) is 4. The van der Waals surface area contributed by atoms with Crippen LogP contribution in [0.15, 0.2) is 18.2 Å². The van der Waals surface area contributed by atoms with Crippen molar-refractivity contribution in [1.29, 1.82) is 0 Å². The molecule has 1 aromatic carbocycles. The van der Waals surface area contributed by atoms with E-state index in [2.05, 4.69) is 0 Å². The summed E-state index contributed by atoms with van der Waals surface area (Å²) in [5.74, 6) is -1.02. The van der Waals surface area contributed by atoms with Crippen LogP contribution in [0.2, 0.25) is 0 Å². The first-order valence-corrected chi connectivity index (χ1v) is 6.02. The Morgan fingerprint density at radius 2 is 1.89 bits per heavy atom. The second kappa shape index (κ2) is 3.81. The van der Waals surface area contributed by atoms with Gasteiger partial charge in [0.2, 0.25) is 17.7 Å². The summed E-state index contributed by atoms with van der Waals surface area (Å²) in [6.07, 6.45) is 0.685. The first-order valence-electron chi connectivity index (χ1n) is 6.02. The Hall–Kier alpha value is -2.37. The Balaban J connectivity index is 1.82. The Kier molecular flexibility index (Phi) is 2.35.